The number of aryl methyl sites for hydroxylation is 2. The Morgan fingerprint density at radius 2 is 1.72 bits per heavy atom. The highest BCUT2D eigenvalue weighted by molar-refractivity contribution is 5.56. The smallest absolute Gasteiger partial charge is 0.399 e. The van der Waals surface area contributed by atoms with Gasteiger partial charge in [-0.25, -0.2) is 4.68 Å². The van der Waals surface area contributed by atoms with Crippen LogP contribution in [0.4, 0.5) is 18.9 Å². The van der Waals surface area contributed by atoms with E-state index < -0.39 is 11.7 Å². The first-order chi connectivity index (χ1) is 8.29. The van der Waals surface area contributed by atoms with Crippen molar-refractivity contribution in [1.29, 1.82) is 0 Å². The molecule has 0 amide bonds. The number of nitrogen functional groups attached to an aromatic ring is 1. The molecule has 18 heavy (non-hydrogen) atoms. The molecule has 0 unspecified atom stereocenters. The Morgan fingerprint density at radius 1 is 1.17 bits per heavy atom. The van der Waals surface area contributed by atoms with Gasteiger partial charge in [-0.15, -0.1) is 0 Å². The van der Waals surface area contributed by atoms with Crippen LogP contribution in [-0.4, -0.2) is 9.78 Å². The summed E-state index contributed by atoms with van der Waals surface area (Å²) < 4.78 is 38.8. The van der Waals surface area contributed by atoms with Gasteiger partial charge in [-0.1, -0.05) is 0 Å². The molecule has 0 aliphatic carbocycles. The van der Waals surface area contributed by atoms with Crippen molar-refractivity contribution < 1.29 is 13.2 Å². The van der Waals surface area contributed by atoms with Crippen molar-refractivity contribution >= 4 is 5.69 Å². The predicted octanol–water partition coefficient (Wildman–Crippen LogP) is 3.09. The van der Waals surface area contributed by atoms with Crippen molar-refractivity contribution in [3.63, 3.8) is 0 Å². The van der Waals surface area contributed by atoms with Crippen molar-refractivity contribution in [1.82, 2.24) is 9.78 Å². The molecule has 0 fully saturated rings. The maximum atomic E-state index is 12.5. The van der Waals surface area contributed by atoms with Crippen molar-refractivity contribution in [2.45, 2.75) is 20.0 Å². The maximum absolute atomic E-state index is 12.5. The molecule has 0 spiro atoms. The molecule has 2 aromatic rings. The van der Waals surface area contributed by atoms with Gasteiger partial charge in [0.25, 0.3) is 0 Å². The van der Waals surface area contributed by atoms with Crippen molar-refractivity contribution in [2.24, 2.45) is 0 Å². The van der Waals surface area contributed by atoms with Gasteiger partial charge in [0.2, 0.25) is 0 Å². The third kappa shape index (κ3) is 2.18. The molecule has 0 bridgehead atoms. The fourth-order valence-electron chi connectivity index (χ4n) is 1.94. The molecular formula is C12H12F3N3. The third-order valence-electron chi connectivity index (χ3n) is 2.65. The van der Waals surface area contributed by atoms with Gasteiger partial charge in [0, 0.05) is 11.9 Å². The van der Waals surface area contributed by atoms with E-state index in [4.69, 9.17) is 5.73 Å². The number of aromatic nitrogens is 2. The third-order valence-corrected chi connectivity index (χ3v) is 2.65. The van der Waals surface area contributed by atoms with E-state index in [1.807, 2.05) is 0 Å². The van der Waals surface area contributed by atoms with E-state index >= 15 is 0 Å². The summed E-state index contributed by atoms with van der Waals surface area (Å²) >= 11 is 0. The summed E-state index contributed by atoms with van der Waals surface area (Å²) in [6.45, 7) is 3.57. The molecule has 3 nitrogen and oxygen atoms in total. The molecule has 2 rings (SSSR count). The lowest BCUT2D eigenvalue weighted by Crippen LogP contribution is -2.04. The minimum Gasteiger partial charge on any atom is -0.399 e. The van der Waals surface area contributed by atoms with Crippen LogP contribution in [0.2, 0.25) is 0 Å². The van der Waals surface area contributed by atoms with E-state index in [1.54, 1.807) is 26.0 Å². The Bertz CT molecular complexity index is 561. The summed E-state index contributed by atoms with van der Waals surface area (Å²) in [5.74, 6) is 0. The lowest BCUT2D eigenvalue weighted by Gasteiger charge is -2.11. The molecule has 0 saturated heterocycles. The summed E-state index contributed by atoms with van der Waals surface area (Å²) in [5, 5.41) is 3.76. The van der Waals surface area contributed by atoms with Gasteiger partial charge in [0.05, 0.1) is 17.4 Å². The number of halogens is 3. The molecular weight excluding hydrogens is 243 g/mol. The Labute approximate surface area is 102 Å². The number of hydrogen-bond acceptors (Lipinski definition) is 2. The SMILES string of the molecule is Cc1cc(N)cc(C)c1-n1cc(C(F)(F)F)cn1. The molecule has 0 aliphatic rings. The summed E-state index contributed by atoms with van der Waals surface area (Å²) in [7, 11) is 0. The van der Waals surface area contributed by atoms with Crippen molar-refractivity contribution in [2.75, 3.05) is 5.73 Å². The lowest BCUT2D eigenvalue weighted by molar-refractivity contribution is -0.137. The Morgan fingerprint density at radius 3 is 2.17 bits per heavy atom. The van der Waals surface area contributed by atoms with Crippen LogP contribution in [0.25, 0.3) is 5.69 Å². The van der Waals surface area contributed by atoms with E-state index in [1.165, 1.54) is 4.68 Å². The minimum atomic E-state index is -4.38. The Hall–Kier alpha value is -1.98. The number of nitrogens with two attached hydrogens (primary N) is 1. The summed E-state index contributed by atoms with van der Waals surface area (Å²) in [5.41, 5.74) is 7.67. The molecule has 1 heterocycles. The highest BCUT2D eigenvalue weighted by Gasteiger charge is 2.32. The van der Waals surface area contributed by atoms with E-state index in [0.29, 0.717) is 11.4 Å². The van der Waals surface area contributed by atoms with Gasteiger partial charge in [-0.2, -0.15) is 18.3 Å². The molecule has 96 valence electrons. The monoisotopic (exact) mass is 255 g/mol. The molecule has 0 atom stereocenters. The van der Waals surface area contributed by atoms with E-state index in [2.05, 4.69) is 5.10 Å². The van der Waals surface area contributed by atoms with Crippen LogP contribution in [0.5, 0.6) is 0 Å². The molecule has 0 radical (unpaired) electrons. The zero-order valence-corrected chi connectivity index (χ0v) is 9.92. The second kappa shape index (κ2) is 4.04. The van der Waals surface area contributed by atoms with Gasteiger partial charge in [0.15, 0.2) is 0 Å². The molecule has 1 aromatic heterocycles. The fourth-order valence-corrected chi connectivity index (χ4v) is 1.94. The second-order valence-corrected chi connectivity index (χ2v) is 4.17. The second-order valence-electron chi connectivity index (χ2n) is 4.17. The van der Waals surface area contributed by atoms with Gasteiger partial charge in [0.1, 0.15) is 0 Å². The first-order valence-corrected chi connectivity index (χ1v) is 5.28. The van der Waals surface area contributed by atoms with E-state index in [-0.39, 0.29) is 0 Å². The van der Waals surface area contributed by atoms with E-state index in [0.717, 1.165) is 23.5 Å². The number of benzene rings is 1. The number of anilines is 1. The molecule has 0 saturated carbocycles. The number of nitrogens with zero attached hydrogens (tertiary/aromatic N) is 2. The zero-order chi connectivity index (χ0) is 13.5. The number of hydrogen-bond donors (Lipinski definition) is 1. The largest absolute Gasteiger partial charge is 0.419 e. The van der Waals surface area contributed by atoms with Gasteiger partial charge in [-0.3, -0.25) is 0 Å². The first kappa shape index (κ1) is 12.5. The summed E-state index contributed by atoms with van der Waals surface area (Å²) in [6.07, 6.45) is -2.59. The molecule has 2 N–H and O–H groups in total. The topological polar surface area (TPSA) is 43.8 Å². The number of rotatable bonds is 1. The van der Waals surface area contributed by atoms with Crippen LogP contribution in [0.3, 0.4) is 0 Å². The van der Waals surface area contributed by atoms with E-state index in [9.17, 15) is 13.2 Å². The summed E-state index contributed by atoms with van der Waals surface area (Å²) in [6, 6.07) is 3.41. The first-order valence-electron chi connectivity index (χ1n) is 5.28. The van der Waals surface area contributed by atoms with Crippen molar-refractivity contribution in [3.8, 4) is 5.69 Å². The average molecular weight is 255 g/mol. The summed E-state index contributed by atoms with van der Waals surface area (Å²) in [4.78, 5) is 0. The van der Waals surface area contributed by atoms with Crippen LogP contribution in [-0.2, 0) is 6.18 Å². The lowest BCUT2D eigenvalue weighted by atomic mass is 10.1. The highest BCUT2D eigenvalue weighted by Crippen LogP contribution is 2.30. The van der Waals surface area contributed by atoms with Crippen LogP contribution >= 0.6 is 0 Å². The highest BCUT2D eigenvalue weighted by atomic mass is 19.4. The molecule has 1 aromatic carbocycles. The molecule has 6 heteroatoms. The Balaban J connectivity index is 2.53. The normalized spacial score (nSPS) is 11.8. The number of alkyl halides is 3. The van der Waals surface area contributed by atoms with Crippen molar-refractivity contribution in [3.05, 3.63) is 41.2 Å². The quantitative estimate of drug-likeness (QED) is 0.796. The minimum absolute atomic E-state index is 0.581. The van der Waals surface area contributed by atoms with Gasteiger partial charge >= 0.3 is 6.18 Å². The predicted molar refractivity (Wildman–Crippen MR) is 62.5 cm³/mol. The fraction of sp³-hybridized carbons (Fsp3) is 0.250. The van der Waals surface area contributed by atoms with Gasteiger partial charge in [-0.05, 0) is 37.1 Å². The van der Waals surface area contributed by atoms with Crippen LogP contribution in [0.1, 0.15) is 16.7 Å². The zero-order valence-electron chi connectivity index (χ0n) is 9.92. The standard InChI is InChI=1S/C12H12F3N3/c1-7-3-10(16)4-8(2)11(7)18-6-9(5-17-18)12(13,14)15/h3-6H,16H2,1-2H3. The van der Waals surface area contributed by atoms with Gasteiger partial charge < -0.3 is 5.73 Å². The Kier molecular flexibility index (Phi) is 2.80. The average Bonchev–Trinajstić information content (AvgIpc) is 2.64. The maximum Gasteiger partial charge on any atom is 0.419 e. The van der Waals surface area contributed by atoms with Crippen LogP contribution in [0.15, 0.2) is 24.5 Å². The van der Waals surface area contributed by atoms with Crippen LogP contribution in [0, 0.1) is 13.8 Å². The van der Waals surface area contributed by atoms with Crippen LogP contribution < -0.4 is 5.73 Å². The molecule has 0 aliphatic heterocycles.